The van der Waals surface area contributed by atoms with Gasteiger partial charge in [0.05, 0.1) is 0 Å². The van der Waals surface area contributed by atoms with E-state index in [2.05, 4.69) is 10.3 Å². The van der Waals surface area contributed by atoms with Gasteiger partial charge in [-0.3, -0.25) is 4.99 Å². The average molecular weight is 234 g/mol. The van der Waals surface area contributed by atoms with Crippen LogP contribution < -0.4 is 5.32 Å². The van der Waals surface area contributed by atoms with Gasteiger partial charge in [-0.2, -0.15) is 0 Å². The smallest absolute Gasteiger partial charge is 0.257 e. The highest BCUT2D eigenvalue weighted by atomic mass is 32.2. The maximum Gasteiger partial charge on any atom is 0.257 e. The zero-order valence-corrected chi connectivity index (χ0v) is 9.45. The summed E-state index contributed by atoms with van der Waals surface area (Å²) >= 11 is 1.60. The summed E-state index contributed by atoms with van der Waals surface area (Å²) in [4.78, 5) is 3.89. The van der Waals surface area contributed by atoms with Gasteiger partial charge in [0.15, 0.2) is 5.17 Å². The minimum absolute atomic E-state index is 0.171. The van der Waals surface area contributed by atoms with Crippen molar-refractivity contribution in [2.75, 3.05) is 12.3 Å². The second kappa shape index (κ2) is 4.68. The van der Waals surface area contributed by atoms with Crippen LogP contribution in [0.2, 0.25) is 0 Å². The first-order valence-electron chi connectivity index (χ1n) is 5.44. The molecule has 86 valence electrons. The van der Waals surface area contributed by atoms with Crippen molar-refractivity contribution in [2.24, 2.45) is 4.99 Å². The lowest BCUT2D eigenvalue weighted by atomic mass is 9.83. The van der Waals surface area contributed by atoms with E-state index in [-0.39, 0.29) is 12.1 Å². The summed E-state index contributed by atoms with van der Waals surface area (Å²) in [7, 11) is 0. The number of aliphatic imine (C=N–C) groups is 1. The monoisotopic (exact) mass is 234 g/mol. The van der Waals surface area contributed by atoms with Crippen molar-refractivity contribution >= 4 is 16.9 Å². The van der Waals surface area contributed by atoms with Crippen LogP contribution in [0.3, 0.4) is 0 Å². The van der Waals surface area contributed by atoms with Crippen LogP contribution in [0.25, 0.3) is 0 Å². The van der Waals surface area contributed by atoms with Gasteiger partial charge in [0.25, 0.3) is 6.43 Å². The average Bonchev–Trinajstić information content (AvgIpc) is 2.60. The molecular formula is C10H16F2N2S. The fourth-order valence-corrected chi connectivity index (χ4v) is 3.47. The molecule has 2 nitrogen and oxygen atoms in total. The summed E-state index contributed by atoms with van der Waals surface area (Å²) in [6.07, 6.45) is 3.78. The Balaban J connectivity index is 1.90. The molecule has 1 spiro atoms. The van der Waals surface area contributed by atoms with Gasteiger partial charge in [-0.25, -0.2) is 8.78 Å². The van der Waals surface area contributed by atoms with E-state index in [1.54, 1.807) is 11.8 Å². The van der Waals surface area contributed by atoms with Crippen molar-refractivity contribution in [1.82, 2.24) is 5.32 Å². The zero-order chi connectivity index (χ0) is 10.7. The molecule has 1 aliphatic heterocycles. The van der Waals surface area contributed by atoms with Crippen LogP contribution in [-0.4, -0.2) is 29.4 Å². The number of nitrogens with one attached hydrogen (secondary N) is 1. The Kier molecular flexibility index (Phi) is 3.49. The summed E-state index contributed by atoms with van der Waals surface area (Å²) in [5.74, 6) is 0.995. The van der Waals surface area contributed by atoms with Crippen LogP contribution in [0.5, 0.6) is 0 Å². The van der Waals surface area contributed by atoms with Crippen LogP contribution in [0.4, 0.5) is 8.78 Å². The second-order valence-electron chi connectivity index (χ2n) is 4.29. The number of amidine groups is 1. The van der Waals surface area contributed by atoms with Crippen LogP contribution >= 0.6 is 11.8 Å². The minimum Gasteiger partial charge on any atom is -0.359 e. The molecule has 15 heavy (non-hydrogen) atoms. The Hall–Kier alpha value is -0.320. The third-order valence-corrected chi connectivity index (χ3v) is 4.24. The number of hydrogen-bond donors (Lipinski definition) is 1. The molecule has 1 N–H and O–H groups in total. The molecule has 0 unspecified atom stereocenters. The predicted molar refractivity (Wildman–Crippen MR) is 59.7 cm³/mol. The molecule has 2 aliphatic rings. The lowest BCUT2D eigenvalue weighted by molar-refractivity contribution is 0.158. The highest BCUT2D eigenvalue weighted by Gasteiger charge is 2.37. The van der Waals surface area contributed by atoms with Crippen molar-refractivity contribution in [3.8, 4) is 0 Å². The summed E-state index contributed by atoms with van der Waals surface area (Å²) in [6, 6.07) is 0. The quantitative estimate of drug-likeness (QED) is 0.794. The Morgan fingerprint density at radius 2 is 2.07 bits per heavy atom. The Morgan fingerprint density at radius 1 is 1.33 bits per heavy atom. The number of nitrogens with zero attached hydrogens (tertiary/aromatic N) is 1. The lowest BCUT2D eigenvalue weighted by Crippen LogP contribution is -2.45. The first-order valence-corrected chi connectivity index (χ1v) is 6.42. The SMILES string of the molecule is FC(F)CN=C1NC2(CCCCC2)CS1. The molecule has 1 saturated heterocycles. The Bertz CT molecular complexity index is 250. The molecule has 0 aromatic carbocycles. The first kappa shape index (κ1) is 11.2. The van der Waals surface area contributed by atoms with Gasteiger partial charge < -0.3 is 5.32 Å². The van der Waals surface area contributed by atoms with E-state index in [0.717, 1.165) is 23.8 Å². The molecule has 2 rings (SSSR count). The summed E-state index contributed by atoms with van der Waals surface area (Å²) < 4.78 is 24.0. The van der Waals surface area contributed by atoms with Crippen LogP contribution in [0.1, 0.15) is 32.1 Å². The van der Waals surface area contributed by atoms with Crippen molar-refractivity contribution in [1.29, 1.82) is 0 Å². The predicted octanol–water partition coefficient (Wildman–Crippen LogP) is 2.65. The van der Waals surface area contributed by atoms with Gasteiger partial charge in [-0.05, 0) is 12.8 Å². The molecule has 0 radical (unpaired) electrons. The van der Waals surface area contributed by atoms with Crippen molar-refractivity contribution in [3.63, 3.8) is 0 Å². The highest BCUT2D eigenvalue weighted by molar-refractivity contribution is 8.14. The van der Waals surface area contributed by atoms with Gasteiger partial charge in [-0.1, -0.05) is 31.0 Å². The molecular weight excluding hydrogens is 218 g/mol. The molecule has 0 aromatic heterocycles. The van der Waals surface area contributed by atoms with E-state index >= 15 is 0 Å². The van der Waals surface area contributed by atoms with E-state index in [1.165, 1.54) is 19.3 Å². The Morgan fingerprint density at radius 3 is 2.73 bits per heavy atom. The number of alkyl halides is 2. The standard InChI is InChI=1S/C10H16F2N2S/c11-8(12)6-13-9-14-10(7-15-9)4-2-1-3-5-10/h8H,1-7H2,(H,13,14). The summed E-state index contributed by atoms with van der Waals surface area (Å²) in [5, 5.41) is 4.06. The molecule has 0 aromatic rings. The second-order valence-corrected chi connectivity index (χ2v) is 5.26. The van der Waals surface area contributed by atoms with Crippen LogP contribution in [0, 0.1) is 0 Å². The Labute approximate surface area is 92.9 Å². The third-order valence-electron chi connectivity index (χ3n) is 3.04. The highest BCUT2D eigenvalue weighted by Crippen LogP contribution is 2.36. The van der Waals surface area contributed by atoms with Crippen LogP contribution in [0.15, 0.2) is 4.99 Å². The van der Waals surface area contributed by atoms with Gasteiger partial charge >= 0.3 is 0 Å². The van der Waals surface area contributed by atoms with Gasteiger partial charge in [0.2, 0.25) is 0 Å². The molecule has 0 amide bonds. The normalized spacial score (nSPS) is 27.5. The molecule has 2 fully saturated rings. The molecule has 5 heteroatoms. The summed E-state index contributed by atoms with van der Waals surface area (Å²) in [6.45, 7) is -0.370. The number of rotatable bonds is 2. The van der Waals surface area contributed by atoms with Gasteiger partial charge in [0, 0.05) is 11.3 Å². The van der Waals surface area contributed by atoms with E-state index in [9.17, 15) is 8.78 Å². The number of halogens is 2. The van der Waals surface area contributed by atoms with Crippen molar-refractivity contribution < 1.29 is 8.78 Å². The molecule has 0 bridgehead atoms. The fraction of sp³-hybridized carbons (Fsp3) is 0.900. The van der Waals surface area contributed by atoms with E-state index in [4.69, 9.17) is 0 Å². The maximum atomic E-state index is 12.0. The van der Waals surface area contributed by atoms with E-state index in [1.807, 2.05) is 0 Å². The first-order chi connectivity index (χ1) is 7.20. The summed E-state index contributed by atoms with van der Waals surface area (Å²) in [5.41, 5.74) is 0.171. The maximum absolute atomic E-state index is 12.0. The topological polar surface area (TPSA) is 24.4 Å². The van der Waals surface area contributed by atoms with Gasteiger partial charge in [-0.15, -0.1) is 0 Å². The molecule has 1 heterocycles. The van der Waals surface area contributed by atoms with E-state index in [0.29, 0.717) is 0 Å². The number of thioether (sulfide) groups is 1. The van der Waals surface area contributed by atoms with Gasteiger partial charge in [0.1, 0.15) is 6.54 Å². The van der Waals surface area contributed by atoms with Crippen molar-refractivity contribution in [2.45, 2.75) is 44.1 Å². The fourth-order valence-electron chi connectivity index (χ4n) is 2.24. The lowest BCUT2D eigenvalue weighted by Gasteiger charge is -2.32. The number of hydrogen-bond acceptors (Lipinski definition) is 2. The minimum atomic E-state index is -2.33. The van der Waals surface area contributed by atoms with Crippen LogP contribution in [-0.2, 0) is 0 Å². The largest absolute Gasteiger partial charge is 0.359 e. The molecule has 1 saturated carbocycles. The zero-order valence-electron chi connectivity index (χ0n) is 8.64. The van der Waals surface area contributed by atoms with Crippen molar-refractivity contribution in [3.05, 3.63) is 0 Å². The third kappa shape index (κ3) is 2.83. The molecule has 1 aliphatic carbocycles. The molecule has 0 atom stereocenters. The van der Waals surface area contributed by atoms with E-state index < -0.39 is 6.43 Å².